The summed E-state index contributed by atoms with van der Waals surface area (Å²) < 4.78 is 37.6. The monoisotopic (exact) mass is 543 g/mol. The lowest BCUT2D eigenvalue weighted by Crippen LogP contribution is -3.07. The Morgan fingerprint density at radius 3 is 2.54 bits per heavy atom. The first-order valence-electron chi connectivity index (χ1n) is 11.6. The maximum Gasteiger partial charge on any atom is 0.430 e. The maximum atomic E-state index is 12.9. The van der Waals surface area contributed by atoms with Crippen molar-refractivity contribution in [2.45, 2.75) is 31.5 Å². The molecule has 2 amide bonds. The standard InChI is InChI=1S/C24H23N5O3.C2HF3O2/c1-24(21-14-26-15-29(21)2)18-7-6-17(13-25)20(12-18)32-19-5-3-4-16(10-19)11-23(31)27-9-8-22(30)28-24;3-2(4,5)1(6)7/h3-7,10,12,14-15H,8-9,11H2,1-2H3,(H,27,31)(H,28,30);(H,6,7). The Morgan fingerprint density at radius 2 is 1.92 bits per heavy atom. The second kappa shape index (κ2) is 11.8. The number of nitriles is 1. The molecule has 13 heteroatoms. The molecule has 0 aliphatic carbocycles. The van der Waals surface area contributed by atoms with Gasteiger partial charge >= 0.3 is 6.18 Å². The minimum absolute atomic E-state index is 0.133. The normalized spacial score (nSPS) is 20.9. The van der Waals surface area contributed by atoms with E-state index < -0.39 is 17.7 Å². The molecule has 0 aromatic heterocycles. The van der Waals surface area contributed by atoms with Crippen molar-refractivity contribution in [3.05, 3.63) is 71.1 Å². The van der Waals surface area contributed by atoms with E-state index >= 15 is 0 Å². The van der Waals surface area contributed by atoms with E-state index in [1.54, 1.807) is 42.9 Å². The first-order chi connectivity index (χ1) is 18.3. The van der Waals surface area contributed by atoms with Crippen LogP contribution in [0.1, 0.15) is 30.0 Å². The lowest BCUT2D eigenvalue weighted by Gasteiger charge is -2.32. The summed E-state index contributed by atoms with van der Waals surface area (Å²) in [5.74, 6) is -2.50. The molecule has 10 nitrogen and oxygen atoms in total. The first kappa shape index (κ1) is 28.9. The van der Waals surface area contributed by atoms with Crippen molar-refractivity contribution in [2.24, 2.45) is 4.99 Å². The Balaban J connectivity index is 0.000000532. The molecule has 39 heavy (non-hydrogen) atoms. The van der Waals surface area contributed by atoms with Crippen molar-refractivity contribution >= 4 is 24.1 Å². The largest absolute Gasteiger partial charge is 0.542 e. The fourth-order valence-electron chi connectivity index (χ4n) is 3.97. The Labute approximate surface area is 221 Å². The van der Waals surface area contributed by atoms with Crippen molar-refractivity contribution in [1.82, 2.24) is 10.6 Å². The predicted octanol–water partition coefficient (Wildman–Crippen LogP) is 0.441. The molecule has 4 rings (SSSR count). The molecule has 2 aromatic rings. The highest BCUT2D eigenvalue weighted by atomic mass is 19.4. The van der Waals surface area contributed by atoms with Gasteiger partial charge in [0.1, 0.15) is 29.1 Å². The zero-order chi connectivity index (χ0) is 28.8. The molecule has 2 unspecified atom stereocenters. The summed E-state index contributed by atoms with van der Waals surface area (Å²) in [5.41, 5.74) is 1.84. The number of halogens is 3. The van der Waals surface area contributed by atoms with Crippen LogP contribution in [0.4, 0.5) is 13.2 Å². The van der Waals surface area contributed by atoms with Crippen LogP contribution in [0.25, 0.3) is 0 Å². The van der Waals surface area contributed by atoms with Gasteiger partial charge in [-0.15, -0.1) is 0 Å². The first-order valence-corrected chi connectivity index (χ1v) is 11.6. The van der Waals surface area contributed by atoms with Gasteiger partial charge in [-0.2, -0.15) is 18.4 Å². The third kappa shape index (κ3) is 7.20. The van der Waals surface area contributed by atoms with Gasteiger partial charge in [-0.25, -0.2) is 4.99 Å². The van der Waals surface area contributed by atoms with Crippen molar-refractivity contribution in [2.75, 3.05) is 13.6 Å². The highest BCUT2D eigenvalue weighted by Gasteiger charge is 2.40. The second-order valence-electron chi connectivity index (χ2n) is 8.81. The Hall–Kier alpha value is -4.70. The minimum atomic E-state index is -5.19. The van der Waals surface area contributed by atoms with Gasteiger partial charge in [-0.3, -0.25) is 14.5 Å². The van der Waals surface area contributed by atoms with Gasteiger partial charge in [-0.05, 0) is 42.3 Å². The van der Waals surface area contributed by atoms with E-state index in [2.05, 4.69) is 21.7 Å². The fourth-order valence-corrected chi connectivity index (χ4v) is 3.97. The number of carbonyl (C=O) groups excluding carboxylic acids is 3. The number of carboxylic acid groups (broad SMARTS) is 1. The Kier molecular flexibility index (Phi) is 8.72. The number of quaternary nitrogens is 1. The average Bonchev–Trinajstić information content (AvgIpc) is 3.30. The highest BCUT2D eigenvalue weighted by Crippen LogP contribution is 2.34. The second-order valence-corrected chi connectivity index (χ2v) is 8.81. The zero-order valence-electron chi connectivity index (χ0n) is 20.9. The molecule has 0 spiro atoms. The summed E-state index contributed by atoms with van der Waals surface area (Å²) in [6.45, 7) is 2.13. The molecular formula is C26H24F3N5O5. The number of carboxylic acids is 1. The van der Waals surface area contributed by atoms with Gasteiger partial charge in [-0.1, -0.05) is 18.2 Å². The molecule has 2 aliphatic rings. The molecule has 0 radical (unpaired) electrons. The minimum Gasteiger partial charge on any atom is -0.542 e. The number of nitrogens with one attached hydrogen (secondary N) is 3. The van der Waals surface area contributed by atoms with Gasteiger partial charge in [0.25, 0.3) is 0 Å². The van der Waals surface area contributed by atoms with Gasteiger partial charge in [0.05, 0.1) is 25.2 Å². The smallest absolute Gasteiger partial charge is 0.430 e. The van der Waals surface area contributed by atoms with Crippen LogP contribution in [0.2, 0.25) is 0 Å². The molecule has 0 fully saturated rings. The van der Waals surface area contributed by atoms with E-state index in [1.165, 1.54) is 0 Å². The number of nitrogens with zero attached hydrogens (tertiary/aromatic N) is 2. The predicted molar refractivity (Wildman–Crippen MR) is 129 cm³/mol. The van der Waals surface area contributed by atoms with E-state index in [1.807, 2.05) is 26.1 Å². The number of aliphatic carboxylic acids is 1. The molecule has 3 N–H and O–H groups in total. The van der Waals surface area contributed by atoms with E-state index in [9.17, 15) is 28.0 Å². The molecule has 2 aromatic carbocycles. The SMILES string of the molecule is C[NH+]1C=NC=C1C1(C)NC(=O)CCNC(=O)Cc2cccc(c2)Oc2cc1ccc2C#N.O=C([O-])C(F)(F)F. The number of hydrogen-bond donors (Lipinski definition) is 3. The van der Waals surface area contributed by atoms with E-state index in [-0.39, 0.29) is 31.2 Å². The number of ether oxygens (including phenoxy) is 1. The molecule has 2 aliphatic heterocycles. The number of benzene rings is 2. The van der Waals surface area contributed by atoms with Crippen LogP contribution in [0.15, 0.2) is 59.4 Å². The summed E-state index contributed by atoms with van der Waals surface area (Å²) in [5, 5.41) is 24.3. The Morgan fingerprint density at radius 1 is 1.21 bits per heavy atom. The van der Waals surface area contributed by atoms with Crippen LogP contribution in [0.5, 0.6) is 11.5 Å². The Bertz CT molecular complexity index is 1380. The van der Waals surface area contributed by atoms with Crippen molar-refractivity contribution in [3.63, 3.8) is 0 Å². The summed E-state index contributed by atoms with van der Waals surface area (Å²) in [7, 11) is 1.93. The van der Waals surface area contributed by atoms with Crippen LogP contribution < -0.4 is 25.4 Å². The van der Waals surface area contributed by atoms with Gasteiger partial charge in [0.2, 0.25) is 11.8 Å². The highest BCUT2D eigenvalue weighted by molar-refractivity contribution is 5.81. The number of carbonyl (C=O) groups is 3. The summed E-state index contributed by atoms with van der Waals surface area (Å²) in [6.07, 6.45) is -1.42. The number of fused-ring (bicyclic) bond motifs is 4. The molecular weight excluding hydrogens is 519 g/mol. The quantitative estimate of drug-likeness (QED) is 0.476. The molecule has 204 valence electrons. The van der Waals surface area contributed by atoms with Gasteiger partial charge < -0.3 is 25.3 Å². The van der Waals surface area contributed by atoms with Crippen LogP contribution in [0.3, 0.4) is 0 Å². The summed E-state index contributed by atoms with van der Waals surface area (Å²) in [4.78, 5) is 39.1. The average molecular weight is 544 g/mol. The third-order valence-electron chi connectivity index (χ3n) is 5.90. The van der Waals surface area contributed by atoms with Crippen LogP contribution >= 0.6 is 0 Å². The van der Waals surface area contributed by atoms with E-state index in [4.69, 9.17) is 14.6 Å². The van der Waals surface area contributed by atoms with Crippen molar-refractivity contribution in [3.8, 4) is 17.6 Å². The fraction of sp³-hybridized carbons (Fsp3) is 0.269. The molecule has 2 heterocycles. The molecule has 4 bridgehead atoms. The topological polar surface area (TPSA) is 148 Å². The maximum absolute atomic E-state index is 12.9. The number of hydrogen-bond acceptors (Lipinski definition) is 7. The van der Waals surface area contributed by atoms with Crippen LogP contribution in [-0.2, 0) is 26.3 Å². The van der Waals surface area contributed by atoms with Crippen molar-refractivity contribution < 1.29 is 42.3 Å². The third-order valence-corrected chi connectivity index (χ3v) is 5.90. The van der Waals surface area contributed by atoms with Gasteiger partial charge in [0.15, 0.2) is 12.0 Å². The number of alkyl halides is 3. The zero-order valence-corrected chi connectivity index (χ0v) is 20.9. The molecule has 2 atom stereocenters. The molecule has 0 saturated heterocycles. The van der Waals surface area contributed by atoms with Crippen LogP contribution in [0, 0.1) is 11.3 Å². The van der Waals surface area contributed by atoms with E-state index in [0.29, 0.717) is 17.1 Å². The number of likely N-dealkylation sites (N-methyl/N-ethyl adjacent to an activating group) is 1. The lowest BCUT2D eigenvalue weighted by atomic mass is 9.87. The van der Waals surface area contributed by atoms with Crippen LogP contribution in [-0.4, -0.2) is 43.9 Å². The number of amides is 2. The number of rotatable bonds is 1. The van der Waals surface area contributed by atoms with Crippen molar-refractivity contribution in [1.29, 1.82) is 5.26 Å². The molecule has 0 saturated carbocycles. The summed E-state index contributed by atoms with van der Waals surface area (Å²) >= 11 is 0. The summed E-state index contributed by atoms with van der Waals surface area (Å²) in [6, 6.07) is 14.6. The van der Waals surface area contributed by atoms with Gasteiger partial charge in [0, 0.05) is 13.0 Å². The van der Waals surface area contributed by atoms with E-state index in [0.717, 1.165) is 21.7 Å². The number of aliphatic imine (C=N–C) groups is 1. The lowest BCUT2D eigenvalue weighted by molar-refractivity contribution is -0.733.